The molecule has 29 heavy (non-hydrogen) atoms. The third kappa shape index (κ3) is 2.58. The van der Waals surface area contributed by atoms with Crippen LogP contribution in [0, 0.1) is 6.92 Å². The summed E-state index contributed by atoms with van der Waals surface area (Å²) in [5.74, 6) is 0.443. The molecule has 0 radical (unpaired) electrons. The molecular formula is C22H17N3O4. The molecule has 3 aromatic heterocycles. The van der Waals surface area contributed by atoms with Crippen LogP contribution < -0.4 is 10.3 Å². The summed E-state index contributed by atoms with van der Waals surface area (Å²) in [4.78, 5) is 32.6. The van der Waals surface area contributed by atoms with Gasteiger partial charge in [-0.1, -0.05) is 24.2 Å². The fourth-order valence-corrected chi connectivity index (χ4v) is 3.76. The van der Waals surface area contributed by atoms with Crippen LogP contribution in [0.3, 0.4) is 0 Å². The fourth-order valence-electron chi connectivity index (χ4n) is 3.76. The number of anilines is 1. The number of benzene rings is 1. The van der Waals surface area contributed by atoms with Crippen molar-refractivity contribution in [3.63, 3.8) is 0 Å². The minimum atomic E-state index is -0.742. The molecule has 0 aliphatic carbocycles. The summed E-state index contributed by atoms with van der Waals surface area (Å²) in [7, 11) is 0. The van der Waals surface area contributed by atoms with Crippen LogP contribution in [0.5, 0.6) is 0 Å². The number of amides is 1. The second kappa shape index (κ2) is 6.41. The standard InChI is InChI=1S/C22H17N3O4/c1-3-13-7-8-16-14(11-13)20(26)18-19(15-6-4-5-9-23-15)25(22(27)21(18)28-16)17-10-12(2)29-24-17/h4-11,19H,3H2,1-2H3/t19-/m0/s1. The number of carbonyl (C=O) groups is 1. The molecule has 1 aliphatic rings. The van der Waals surface area contributed by atoms with Crippen molar-refractivity contribution in [2.45, 2.75) is 26.3 Å². The minimum absolute atomic E-state index is 0.0167. The number of aryl methyl sites for hydroxylation is 2. The molecule has 0 fully saturated rings. The summed E-state index contributed by atoms with van der Waals surface area (Å²) in [6.45, 7) is 3.76. The fraction of sp³-hybridized carbons (Fsp3) is 0.182. The van der Waals surface area contributed by atoms with Crippen molar-refractivity contribution in [1.29, 1.82) is 0 Å². The third-order valence-corrected chi connectivity index (χ3v) is 5.17. The van der Waals surface area contributed by atoms with Gasteiger partial charge in [0.25, 0.3) is 5.91 Å². The molecule has 0 N–H and O–H groups in total. The summed E-state index contributed by atoms with van der Waals surface area (Å²) >= 11 is 0. The SMILES string of the molecule is CCc1ccc2oc3c(c(=O)c2c1)[C@H](c1ccccn1)N(c1cc(C)on1)C3=O. The van der Waals surface area contributed by atoms with E-state index in [1.165, 1.54) is 4.90 Å². The highest BCUT2D eigenvalue weighted by Gasteiger charge is 2.45. The first-order chi connectivity index (χ1) is 14.1. The first-order valence-electron chi connectivity index (χ1n) is 9.36. The van der Waals surface area contributed by atoms with E-state index in [0.29, 0.717) is 28.2 Å². The molecule has 0 spiro atoms. The van der Waals surface area contributed by atoms with Gasteiger partial charge in [0.1, 0.15) is 17.4 Å². The van der Waals surface area contributed by atoms with Gasteiger partial charge < -0.3 is 8.94 Å². The van der Waals surface area contributed by atoms with E-state index >= 15 is 0 Å². The molecular weight excluding hydrogens is 370 g/mol. The third-order valence-electron chi connectivity index (χ3n) is 5.17. The van der Waals surface area contributed by atoms with Crippen molar-refractivity contribution >= 4 is 22.7 Å². The molecule has 4 heterocycles. The Morgan fingerprint density at radius 2 is 2.00 bits per heavy atom. The van der Waals surface area contributed by atoms with E-state index in [0.717, 1.165) is 12.0 Å². The van der Waals surface area contributed by atoms with Gasteiger partial charge in [0.15, 0.2) is 11.2 Å². The number of hydrogen-bond donors (Lipinski definition) is 0. The minimum Gasteiger partial charge on any atom is -0.450 e. The molecule has 7 nitrogen and oxygen atoms in total. The van der Waals surface area contributed by atoms with Crippen LogP contribution >= 0.6 is 0 Å². The lowest BCUT2D eigenvalue weighted by molar-refractivity contribution is 0.0969. The number of pyridine rings is 1. The molecule has 0 bridgehead atoms. The van der Waals surface area contributed by atoms with Crippen molar-refractivity contribution in [2.24, 2.45) is 0 Å². The number of hydrogen-bond acceptors (Lipinski definition) is 6. The normalized spacial score (nSPS) is 15.9. The molecule has 1 atom stereocenters. The highest BCUT2D eigenvalue weighted by atomic mass is 16.5. The van der Waals surface area contributed by atoms with E-state index in [1.54, 1.807) is 37.4 Å². The average Bonchev–Trinajstić information content (AvgIpc) is 3.30. The van der Waals surface area contributed by atoms with Crippen molar-refractivity contribution in [1.82, 2.24) is 10.1 Å². The maximum Gasteiger partial charge on any atom is 0.296 e. The van der Waals surface area contributed by atoms with E-state index in [1.807, 2.05) is 25.1 Å². The van der Waals surface area contributed by atoms with E-state index in [9.17, 15) is 9.59 Å². The predicted molar refractivity (Wildman–Crippen MR) is 106 cm³/mol. The van der Waals surface area contributed by atoms with Crippen LogP contribution in [-0.4, -0.2) is 16.0 Å². The highest BCUT2D eigenvalue weighted by Crippen LogP contribution is 2.40. The van der Waals surface area contributed by atoms with Crippen LogP contribution in [0.2, 0.25) is 0 Å². The molecule has 7 heteroatoms. The lowest BCUT2D eigenvalue weighted by Gasteiger charge is -2.21. The lowest BCUT2D eigenvalue weighted by atomic mass is 10.0. The molecule has 5 rings (SSSR count). The highest BCUT2D eigenvalue weighted by molar-refractivity contribution is 6.10. The van der Waals surface area contributed by atoms with Crippen LogP contribution in [0.4, 0.5) is 5.82 Å². The number of aromatic nitrogens is 2. The Hall–Kier alpha value is -3.74. The van der Waals surface area contributed by atoms with Crippen molar-refractivity contribution < 1.29 is 13.7 Å². The van der Waals surface area contributed by atoms with Crippen molar-refractivity contribution in [2.75, 3.05) is 4.90 Å². The molecule has 0 saturated heterocycles. The van der Waals surface area contributed by atoms with Gasteiger partial charge in [-0.15, -0.1) is 0 Å². The van der Waals surface area contributed by atoms with Gasteiger partial charge in [0.05, 0.1) is 16.6 Å². The summed E-state index contributed by atoms with van der Waals surface area (Å²) in [5, 5.41) is 4.45. The van der Waals surface area contributed by atoms with Gasteiger partial charge in [-0.05, 0) is 43.2 Å². The summed E-state index contributed by atoms with van der Waals surface area (Å²) in [6, 6.07) is 11.7. The second-order valence-corrected chi connectivity index (χ2v) is 6.99. The Labute approximate surface area is 165 Å². The van der Waals surface area contributed by atoms with E-state index in [-0.39, 0.29) is 16.8 Å². The Morgan fingerprint density at radius 3 is 2.69 bits per heavy atom. The number of nitrogens with zero attached hydrogens (tertiary/aromatic N) is 3. The molecule has 0 unspecified atom stereocenters. The molecule has 1 aromatic carbocycles. The summed E-state index contributed by atoms with van der Waals surface area (Å²) in [5.41, 5.74) is 2.00. The molecule has 0 saturated carbocycles. The smallest absolute Gasteiger partial charge is 0.296 e. The predicted octanol–water partition coefficient (Wildman–Crippen LogP) is 3.80. The quantitative estimate of drug-likeness (QED) is 0.531. The maximum absolute atomic E-state index is 13.5. The van der Waals surface area contributed by atoms with Gasteiger partial charge in [0, 0.05) is 12.3 Å². The van der Waals surface area contributed by atoms with Gasteiger partial charge >= 0.3 is 0 Å². The topological polar surface area (TPSA) is 89.4 Å². The largest absolute Gasteiger partial charge is 0.450 e. The Morgan fingerprint density at radius 1 is 1.14 bits per heavy atom. The van der Waals surface area contributed by atoms with Crippen molar-refractivity contribution in [3.8, 4) is 0 Å². The molecule has 144 valence electrons. The van der Waals surface area contributed by atoms with E-state index < -0.39 is 11.9 Å². The first-order valence-corrected chi connectivity index (χ1v) is 9.36. The van der Waals surface area contributed by atoms with Crippen molar-refractivity contribution in [3.05, 3.63) is 87.2 Å². The van der Waals surface area contributed by atoms with Gasteiger partial charge in [-0.3, -0.25) is 19.5 Å². The number of carbonyl (C=O) groups excluding carboxylic acids is 1. The first kappa shape index (κ1) is 17.4. The molecule has 1 amide bonds. The van der Waals surface area contributed by atoms with E-state index in [4.69, 9.17) is 8.94 Å². The van der Waals surface area contributed by atoms with E-state index in [2.05, 4.69) is 10.1 Å². The summed E-state index contributed by atoms with van der Waals surface area (Å²) < 4.78 is 11.1. The number of fused-ring (bicyclic) bond motifs is 2. The van der Waals surface area contributed by atoms with Crippen LogP contribution in [-0.2, 0) is 6.42 Å². The number of rotatable bonds is 3. The van der Waals surface area contributed by atoms with Gasteiger partial charge in [-0.25, -0.2) is 0 Å². The van der Waals surface area contributed by atoms with Gasteiger partial charge in [0.2, 0.25) is 5.76 Å². The maximum atomic E-state index is 13.5. The Bertz CT molecular complexity index is 1310. The lowest BCUT2D eigenvalue weighted by Crippen LogP contribution is -2.30. The Kier molecular flexibility index (Phi) is 3.84. The molecule has 1 aliphatic heterocycles. The van der Waals surface area contributed by atoms with Crippen LogP contribution in [0.1, 0.15) is 46.1 Å². The zero-order chi connectivity index (χ0) is 20.1. The summed E-state index contributed by atoms with van der Waals surface area (Å²) in [6.07, 6.45) is 2.42. The Balaban J connectivity index is 1.82. The average molecular weight is 387 g/mol. The van der Waals surface area contributed by atoms with Crippen LogP contribution in [0.15, 0.2) is 62.4 Å². The van der Waals surface area contributed by atoms with Crippen LogP contribution in [0.25, 0.3) is 11.0 Å². The zero-order valence-electron chi connectivity index (χ0n) is 15.9. The molecule has 4 aromatic rings. The zero-order valence-corrected chi connectivity index (χ0v) is 15.9. The van der Waals surface area contributed by atoms with Gasteiger partial charge in [-0.2, -0.15) is 0 Å². The second-order valence-electron chi connectivity index (χ2n) is 6.99. The monoisotopic (exact) mass is 387 g/mol.